The van der Waals surface area contributed by atoms with Gasteiger partial charge in [0.1, 0.15) is 29.8 Å². The Morgan fingerprint density at radius 1 is 0.667 bits per heavy atom. The zero-order valence-corrected chi connectivity index (χ0v) is 34.5. The van der Waals surface area contributed by atoms with Crippen LogP contribution in [0.15, 0.2) is 91.0 Å². The van der Waals surface area contributed by atoms with E-state index in [4.69, 9.17) is 5.11 Å². The van der Waals surface area contributed by atoms with Gasteiger partial charge in [0.05, 0.1) is 12.8 Å². The van der Waals surface area contributed by atoms with Crippen LogP contribution >= 0.6 is 0 Å². The minimum absolute atomic E-state index is 0.00245. The first kappa shape index (κ1) is 48.4. The lowest BCUT2D eigenvalue weighted by Gasteiger charge is -2.28. The van der Waals surface area contributed by atoms with E-state index in [0.717, 1.165) is 40.8 Å². The molecular formula is C45H50F2N6O10. The fraction of sp³-hybridized carbons (Fsp3) is 0.333. The van der Waals surface area contributed by atoms with Crippen molar-refractivity contribution in [1.29, 1.82) is 0 Å². The Morgan fingerprint density at radius 2 is 1.38 bits per heavy atom. The molecule has 6 amide bonds. The zero-order valence-electron chi connectivity index (χ0n) is 34.5. The molecule has 7 N–H and O–H groups in total. The van der Waals surface area contributed by atoms with Crippen LogP contribution in [0.2, 0.25) is 0 Å². The second-order valence-corrected chi connectivity index (χ2v) is 14.7. The van der Waals surface area contributed by atoms with Gasteiger partial charge in [-0.25, -0.2) is 8.78 Å². The average molecular weight is 873 g/mol. The van der Waals surface area contributed by atoms with E-state index in [9.17, 15) is 52.2 Å². The molecule has 334 valence electrons. The maximum absolute atomic E-state index is 14.8. The van der Waals surface area contributed by atoms with E-state index in [1.807, 2.05) is 30.3 Å². The highest BCUT2D eigenvalue weighted by atomic mass is 19.1. The molecule has 0 bridgehead atoms. The molecule has 63 heavy (non-hydrogen) atoms. The maximum atomic E-state index is 14.8. The molecule has 16 nitrogen and oxygen atoms in total. The normalized spacial score (nSPS) is 12.2. The second-order valence-electron chi connectivity index (χ2n) is 14.7. The molecule has 0 aliphatic carbocycles. The van der Waals surface area contributed by atoms with Crippen molar-refractivity contribution >= 4 is 58.2 Å². The number of fused-ring (bicyclic) bond motifs is 1. The van der Waals surface area contributed by atoms with E-state index in [2.05, 4.69) is 26.6 Å². The van der Waals surface area contributed by atoms with Crippen molar-refractivity contribution in [2.75, 3.05) is 19.6 Å². The van der Waals surface area contributed by atoms with Gasteiger partial charge in [-0.2, -0.15) is 0 Å². The lowest BCUT2D eigenvalue weighted by molar-refractivity contribution is -0.144. The minimum atomic E-state index is -1.62. The number of nitrogens with one attached hydrogen (secondary N) is 5. The Labute approximate surface area is 361 Å². The number of unbranched alkanes of at least 4 members (excludes halogenated alkanes) is 1. The van der Waals surface area contributed by atoms with Gasteiger partial charge in [0, 0.05) is 57.1 Å². The largest absolute Gasteiger partial charge is 0.481 e. The van der Waals surface area contributed by atoms with Crippen molar-refractivity contribution in [2.45, 2.75) is 76.5 Å². The summed E-state index contributed by atoms with van der Waals surface area (Å²) in [6, 6.07) is 19.9. The van der Waals surface area contributed by atoms with Gasteiger partial charge in [0.2, 0.25) is 29.5 Å². The molecule has 4 rings (SSSR count). The number of carboxylic acid groups (broad SMARTS) is 2. The van der Waals surface area contributed by atoms with Crippen molar-refractivity contribution in [3.05, 3.63) is 119 Å². The summed E-state index contributed by atoms with van der Waals surface area (Å²) in [5, 5.41) is 33.2. The van der Waals surface area contributed by atoms with Gasteiger partial charge in [-0.3, -0.25) is 38.4 Å². The first-order chi connectivity index (χ1) is 30.1. The average Bonchev–Trinajstić information content (AvgIpc) is 3.24. The summed E-state index contributed by atoms with van der Waals surface area (Å²) < 4.78 is 28.9. The van der Waals surface area contributed by atoms with Gasteiger partial charge in [-0.05, 0) is 65.9 Å². The summed E-state index contributed by atoms with van der Waals surface area (Å²) in [6.07, 6.45) is -1.11. The molecule has 0 heterocycles. The van der Waals surface area contributed by atoms with Crippen LogP contribution in [-0.4, -0.2) is 100 Å². The van der Waals surface area contributed by atoms with Gasteiger partial charge in [-0.15, -0.1) is 0 Å². The number of hydrogen-bond donors (Lipinski definition) is 7. The van der Waals surface area contributed by atoms with E-state index in [0.29, 0.717) is 17.5 Å². The third kappa shape index (κ3) is 16.3. The number of hydrogen-bond acceptors (Lipinski definition) is 8. The number of carbonyl (C=O) groups is 8. The molecule has 4 aromatic carbocycles. The van der Waals surface area contributed by atoms with Crippen molar-refractivity contribution in [3.8, 4) is 0 Å². The Bertz CT molecular complexity index is 2260. The molecule has 0 spiro atoms. The molecule has 0 saturated heterocycles. The lowest BCUT2D eigenvalue weighted by atomic mass is 10.0. The first-order valence-corrected chi connectivity index (χ1v) is 20.2. The highest BCUT2D eigenvalue weighted by Crippen LogP contribution is 2.17. The molecule has 0 fully saturated rings. The number of nitrogens with zero attached hydrogens (tertiary/aromatic N) is 1. The summed E-state index contributed by atoms with van der Waals surface area (Å²) in [4.78, 5) is 103. The van der Waals surface area contributed by atoms with E-state index in [1.54, 1.807) is 42.5 Å². The summed E-state index contributed by atoms with van der Waals surface area (Å²) in [7, 11) is 0. The number of carbonyl (C=O) groups excluding carboxylic acids is 6. The van der Waals surface area contributed by atoms with Crippen molar-refractivity contribution in [2.24, 2.45) is 0 Å². The molecule has 0 aliphatic heterocycles. The maximum Gasteiger partial charge on any atom is 0.305 e. The van der Waals surface area contributed by atoms with Crippen LogP contribution in [0.5, 0.6) is 0 Å². The van der Waals surface area contributed by atoms with E-state index in [1.165, 1.54) is 0 Å². The van der Waals surface area contributed by atoms with Crippen LogP contribution in [0.4, 0.5) is 8.78 Å². The third-order valence-electron chi connectivity index (χ3n) is 9.77. The lowest BCUT2D eigenvalue weighted by Crippen LogP contribution is -2.55. The number of halogens is 2. The number of carboxylic acids is 2. The van der Waals surface area contributed by atoms with E-state index in [-0.39, 0.29) is 50.2 Å². The summed E-state index contributed by atoms with van der Waals surface area (Å²) in [6.45, 7) is -0.0623. The molecular weight excluding hydrogens is 823 g/mol. The molecule has 0 radical (unpaired) electrons. The quantitative estimate of drug-likeness (QED) is 0.0508. The Hall–Kier alpha value is -7.24. The Kier molecular flexibility index (Phi) is 18.7. The van der Waals surface area contributed by atoms with Crippen molar-refractivity contribution in [1.82, 2.24) is 31.5 Å². The van der Waals surface area contributed by atoms with Crippen LogP contribution in [0.25, 0.3) is 10.8 Å². The zero-order chi connectivity index (χ0) is 45.9. The monoisotopic (exact) mass is 872 g/mol. The fourth-order valence-corrected chi connectivity index (χ4v) is 6.60. The second kappa shape index (κ2) is 24.3. The topological polar surface area (TPSA) is 240 Å². The third-order valence-corrected chi connectivity index (χ3v) is 9.77. The van der Waals surface area contributed by atoms with Crippen LogP contribution in [0.3, 0.4) is 0 Å². The van der Waals surface area contributed by atoms with Gasteiger partial charge < -0.3 is 41.7 Å². The summed E-state index contributed by atoms with van der Waals surface area (Å²) >= 11 is 0. The number of aliphatic carboxylic acids is 2. The fourth-order valence-electron chi connectivity index (χ4n) is 6.60. The molecule has 0 saturated carbocycles. The predicted octanol–water partition coefficient (Wildman–Crippen LogP) is 3.22. The first-order valence-electron chi connectivity index (χ1n) is 20.2. The number of amides is 6. The van der Waals surface area contributed by atoms with Crippen LogP contribution in [0.1, 0.15) is 66.9 Å². The molecule has 0 aromatic heterocycles. The molecule has 18 heteroatoms. The minimum Gasteiger partial charge on any atom is -0.481 e. The van der Waals surface area contributed by atoms with Crippen molar-refractivity contribution in [3.63, 3.8) is 0 Å². The standard InChI is InChI=1S/C45H50F2N6O10/c1-28(54)50-38(26-41(58)59)45(63)53(27-33-25-34(46)16-17-35(33)47)22-19-39(55)51-36(13-7-8-20-48-42(60)32-15-14-30-11-5-6-12-31(30)24-32)44(62)52-37(23-29-9-3-2-4-10-29)43(61)49-21-18-40(56)57/h2-6,9-12,14-17,24-25,36-38H,7-8,13,18-23,26-27H2,1H3,(H,48,60)(H,49,61)(H,50,54)(H,51,55)(H,52,62)(H,56,57)(H,58,59)/t36-,37+,38+/m1/s1. The smallest absolute Gasteiger partial charge is 0.305 e. The van der Waals surface area contributed by atoms with Crippen molar-refractivity contribution < 1.29 is 57.4 Å². The van der Waals surface area contributed by atoms with Gasteiger partial charge in [0.25, 0.3) is 5.91 Å². The SMILES string of the molecule is CC(=O)N[C@@H](CC(=O)O)C(=O)N(CCC(=O)N[C@H](CCCCNC(=O)c1ccc2ccccc2c1)C(=O)N[C@@H](Cc1ccccc1)C(=O)NCCC(=O)O)Cc1cc(F)ccc1F. The molecule has 3 atom stereocenters. The Balaban J connectivity index is 1.51. The van der Waals surface area contributed by atoms with Gasteiger partial charge in [0.15, 0.2) is 0 Å². The van der Waals surface area contributed by atoms with Gasteiger partial charge in [-0.1, -0.05) is 60.7 Å². The highest BCUT2D eigenvalue weighted by molar-refractivity contribution is 5.98. The highest BCUT2D eigenvalue weighted by Gasteiger charge is 2.30. The molecule has 0 aliphatic rings. The van der Waals surface area contributed by atoms with Crippen LogP contribution < -0.4 is 26.6 Å². The number of benzene rings is 4. The van der Waals surface area contributed by atoms with Crippen LogP contribution in [0, 0.1) is 11.6 Å². The predicted molar refractivity (Wildman–Crippen MR) is 226 cm³/mol. The summed E-state index contributed by atoms with van der Waals surface area (Å²) in [5.41, 5.74) is 0.818. The molecule has 0 unspecified atom stereocenters. The van der Waals surface area contributed by atoms with E-state index >= 15 is 0 Å². The van der Waals surface area contributed by atoms with E-state index < -0.39 is 97.2 Å². The van der Waals surface area contributed by atoms with Gasteiger partial charge >= 0.3 is 11.9 Å². The molecule has 4 aromatic rings. The number of rotatable bonds is 24. The summed E-state index contributed by atoms with van der Waals surface area (Å²) in [5.74, 6) is -8.62. The van der Waals surface area contributed by atoms with Crippen LogP contribution in [-0.2, 0) is 46.5 Å². The Morgan fingerprint density at radius 3 is 2.08 bits per heavy atom.